The Balaban J connectivity index is 1.48. The molecule has 3 aromatic rings. The Morgan fingerprint density at radius 2 is 1.79 bits per heavy atom. The van der Waals surface area contributed by atoms with Crippen LogP contribution in [0, 0.1) is 13.8 Å². The fraction of sp³-hybridized carbons (Fsp3) is 0.273. The molecule has 0 bridgehead atoms. The molecule has 6 nitrogen and oxygen atoms in total. The van der Waals surface area contributed by atoms with E-state index in [9.17, 15) is 0 Å². The van der Waals surface area contributed by atoms with E-state index in [-0.39, 0.29) is 0 Å². The summed E-state index contributed by atoms with van der Waals surface area (Å²) in [6.45, 7) is 7.35. The Morgan fingerprint density at radius 3 is 2.57 bits per heavy atom. The molecule has 2 aromatic carbocycles. The minimum Gasteiger partial charge on any atom is -0.350 e. The summed E-state index contributed by atoms with van der Waals surface area (Å²) in [6, 6.07) is 12.9. The van der Waals surface area contributed by atoms with Crippen LogP contribution in [0.4, 0.5) is 22.9 Å². The fourth-order valence-corrected chi connectivity index (χ4v) is 3.45. The largest absolute Gasteiger partial charge is 0.350 e. The molecule has 0 unspecified atom stereocenters. The monoisotopic (exact) mass is 374 g/mol. The van der Waals surface area contributed by atoms with Gasteiger partial charge in [0, 0.05) is 26.2 Å². The lowest BCUT2D eigenvalue weighted by Gasteiger charge is -2.33. The van der Waals surface area contributed by atoms with Crippen molar-refractivity contribution in [1.29, 1.82) is 0 Å². The molecule has 4 N–H and O–H groups in total. The van der Waals surface area contributed by atoms with Crippen LogP contribution >= 0.6 is 0 Å². The number of nitrogens with zero attached hydrogens (tertiary/aromatic N) is 3. The highest BCUT2D eigenvalue weighted by Crippen LogP contribution is 2.42. The van der Waals surface area contributed by atoms with E-state index in [1.807, 2.05) is 6.20 Å². The second kappa shape index (κ2) is 7.96. The molecule has 0 amide bonds. The van der Waals surface area contributed by atoms with Gasteiger partial charge < -0.3 is 21.3 Å². The number of nitrogens with two attached hydrogens (primary N) is 1. The van der Waals surface area contributed by atoms with Crippen molar-refractivity contribution in [2.45, 2.75) is 26.9 Å². The summed E-state index contributed by atoms with van der Waals surface area (Å²) in [7, 11) is 0. The Hall–Kier alpha value is -2.96. The zero-order valence-corrected chi connectivity index (χ0v) is 16.4. The summed E-state index contributed by atoms with van der Waals surface area (Å²) in [6.07, 6.45) is 3.44. The van der Waals surface area contributed by atoms with Crippen molar-refractivity contribution in [3.05, 3.63) is 71.2 Å². The molecule has 0 spiro atoms. The molecule has 0 saturated carbocycles. The molecular formula is C22H26N6. The number of aromatic nitrogens is 2. The number of rotatable bonds is 6. The summed E-state index contributed by atoms with van der Waals surface area (Å²) in [4.78, 5) is 11.0. The standard InChI is InChI=1S/C22H26N6/c1-15-9-19-21(10-16(15)2)28(22-20(27-19)13-25-14-26-22)8-7-24-12-18-5-3-17(11-23)4-6-18/h3-6,9-10,13-14,24,27H,7-8,11-12,23H2,1-2H3. The van der Waals surface area contributed by atoms with Crippen LogP contribution in [0.2, 0.25) is 0 Å². The second-order valence-electron chi connectivity index (χ2n) is 7.19. The van der Waals surface area contributed by atoms with Crippen LogP contribution in [-0.4, -0.2) is 23.1 Å². The highest BCUT2D eigenvalue weighted by atomic mass is 15.3. The molecule has 6 heteroatoms. The molecular weight excluding hydrogens is 348 g/mol. The molecule has 0 aliphatic carbocycles. The van der Waals surface area contributed by atoms with Crippen molar-refractivity contribution in [3.8, 4) is 0 Å². The lowest BCUT2D eigenvalue weighted by Crippen LogP contribution is -2.31. The van der Waals surface area contributed by atoms with Crippen LogP contribution in [0.15, 0.2) is 48.9 Å². The smallest absolute Gasteiger partial charge is 0.160 e. The molecule has 1 aliphatic rings. The maximum Gasteiger partial charge on any atom is 0.160 e. The molecule has 1 aromatic heterocycles. The molecule has 2 heterocycles. The van der Waals surface area contributed by atoms with Gasteiger partial charge in [-0.15, -0.1) is 0 Å². The van der Waals surface area contributed by atoms with E-state index in [0.717, 1.165) is 48.1 Å². The lowest BCUT2D eigenvalue weighted by atomic mass is 10.0. The summed E-state index contributed by atoms with van der Waals surface area (Å²) >= 11 is 0. The van der Waals surface area contributed by atoms with E-state index in [1.165, 1.54) is 16.7 Å². The molecule has 1 aliphatic heterocycles. The van der Waals surface area contributed by atoms with Gasteiger partial charge in [-0.05, 0) is 48.2 Å². The van der Waals surface area contributed by atoms with Gasteiger partial charge >= 0.3 is 0 Å². The maximum absolute atomic E-state index is 5.67. The predicted molar refractivity (Wildman–Crippen MR) is 114 cm³/mol. The van der Waals surface area contributed by atoms with Gasteiger partial charge in [0.2, 0.25) is 0 Å². The fourth-order valence-electron chi connectivity index (χ4n) is 3.45. The number of benzene rings is 2. The third-order valence-corrected chi connectivity index (χ3v) is 5.22. The summed E-state index contributed by atoms with van der Waals surface area (Å²) in [5.74, 6) is 0.917. The summed E-state index contributed by atoms with van der Waals surface area (Å²) < 4.78 is 0. The van der Waals surface area contributed by atoms with Crippen molar-refractivity contribution in [2.24, 2.45) is 5.73 Å². The lowest BCUT2D eigenvalue weighted by molar-refractivity contribution is 0.684. The quantitative estimate of drug-likeness (QED) is 0.573. The van der Waals surface area contributed by atoms with Crippen LogP contribution in [-0.2, 0) is 13.1 Å². The van der Waals surface area contributed by atoms with Crippen LogP contribution in [0.1, 0.15) is 22.3 Å². The number of fused-ring (bicyclic) bond motifs is 2. The SMILES string of the molecule is Cc1cc2c(cc1C)N(CCNCc1ccc(CN)cc1)c1ncncc1N2. The summed E-state index contributed by atoms with van der Waals surface area (Å²) in [5.41, 5.74) is 13.8. The molecule has 144 valence electrons. The normalized spacial score (nSPS) is 12.3. The zero-order valence-electron chi connectivity index (χ0n) is 16.4. The van der Waals surface area contributed by atoms with Gasteiger partial charge in [0.1, 0.15) is 12.0 Å². The Kier molecular flexibility index (Phi) is 5.23. The van der Waals surface area contributed by atoms with E-state index in [4.69, 9.17) is 5.73 Å². The predicted octanol–water partition coefficient (Wildman–Crippen LogP) is 3.54. The van der Waals surface area contributed by atoms with Crippen LogP contribution in [0.5, 0.6) is 0 Å². The average molecular weight is 374 g/mol. The van der Waals surface area contributed by atoms with Gasteiger partial charge in [-0.1, -0.05) is 24.3 Å². The Labute approximate surface area is 165 Å². The van der Waals surface area contributed by atoms with E-state index in [1.54, 1.807) is 6.33 Å². The molecule has 28 heavy (non-hydrogen) atoms. The van der Waals surface area contributed by atoms with Crippen LogP contribution in [0.25, 0.3) is 0 Å². The number of hydrogen-bond acceptors (Lipinski definition) is 6. The van der Waals surface area contributed by atoms with Gasteiger partial charge in [-0.3, -0.25) is 0 Å². The first-order valence-electron chi connectivity index (χ1n) is 9.60. The second-order valence-corrected chi connectivity index (χ2v) is 7.19. The molecule has 0 saturated heterocycles. The van der Waals surface area contributed by atoms with Crippen molar-refractivity contribution in [3.63, 3.8) is 0 Å². The van der Waals surface area contributed by atoms with Crippen LogP contribution in [0.3, 0.4) is 0 Å². The van der Waals surface area contributed by atoms with Crippen molar-refractivity contribution >= 4 is 22.9 Å². The van der Waals surface area contributed by atoms with Gasteiger partial charge in [0.25, 0.3) is 0 Å². The molecule has 0 fully saturated rings. The van der Waals surface area contributed by atoms with Crippen molar-refractivity contribution < 1.29 is 0 Å². The highest BCUT2D eigenvalue weighted by Gasteiger charge is 2.24. The topological polar surface area (TPSA) is 79.1 Å². The van der Waals surface area contributed by atoms with E-state index >= 15 is 0 Å². The number of anilines is 4. The van der Waals surface area contributed by atoms with E-state index < -0.39 is 0 Å². The first-order chi connectivity index (χ1) is 13.7. The van der Waals surface area contributed by atoms with Gasteiger partial charge in [-0.25, -0.2) is 9.97 Å². The van der Waals surface area contributed by atoms with Crippen molar-refractivity contribution in [2.75, 3.05) is 23.3 Å². The maximum atomic E-state index is 5.67. The van der Waals surface area contributed by atoms with Crippen molar-refractivity contribution in [1.82, 2.24) is 15.3 Å². The first-order valence-corrected chi connectivity index (χ1v) is 9.60. The number of hydrogen-bond donors (Lipinski definition) is 3. The Morgan fingerprint density at radius 1 is 1.04 bits per heavy atom. The third-order valence-electron chi connectivity index (χ3n) is 5.22. The summed E-state index contributed by atoms with van der Waals surface area (Å²) in [5, 5.41) is 7.01. The molecule has 4 rings (SSSR count). The molecule has 0 radical (unpaired) electrons. The van der Waals surface area contributed by atoms with Gasteiger partial charge in [-0.2, -0.15) is 0 Å². The highest BCUT2D eigenvalue weighted by molar-refractivity contribution is 5.90. The minimum absolute atomic E-state index is 0.580. The average Bonchev–Trinajstić information content (AvgIpc) is 2.72. The van der Waals surface area contributed by atoms with Gasteiger partial charge in [0.15, 0.2) is 5.82 Å². The number of aryl methyl sites for hydroxylation is 2. The minimum atomic E-state index is 0.580. The van der Waals surface area contributed by atoms with Gasteiger partial charge in [0.05, 0.1) is 17.6 Å². The molecule has 0 atom stereocenters. The first kappa shape index (κ1) is 18.4. The Bertz CT molecular complexity index is 967. The third kappa shape index (κ3) is 3.69. The number of nitrogens with one attached hydrogen (secondary N) is 2. The van der Waals surface area contributed by atoms with E-state index in [2.05, 4.69) is 75.7 Å². The van der Waals surface area contributed by atoms with Crippen LogP contribution < -0.4 is 21.3 Å². The zero-order chi connectivity index (χ0) is 19.5. The van der Waals surface area contributed by atoms with E-state index in [0.29, 0.717) is 6.54 Å².